The fourth-order valence-corrected chi connectivity index (χ4v) is 2.86. The maximum atomic E-state index is 6.00. The van der Waals surface area contributed by atoms with E-state index in [0.717, 1.165) is 0 Å². The van der Waals surface area contributed by atoms with E-state index in [-0.39, 0.29) is 18.3 Å². The third kappa shape index (κ3) is 2.20. The highest BCUT2D eigenvalue weighted by atomic mass is 16.8. The molecule has 1 unspecified atom stereocenters. The zero-order valence-corrected chi connectivity index (χ0v) is 12.1. The summed E-state index contributed by atoms with van der Waals surface area (Å²) in [4.78, 5) is 0. The lowest BCUT2D eigenvalue weighted by molar-refractivity contribution is -0.385. The maximum absolute atomic E-state index is 6.00. The van der Waals surface area contributed by atoms with Gasteiger partial charge in [0.15, 0.2) is 11.6 Å². The van der Waals surface area contributed by atoms with E-state index in [0.29, 0.717) is 13.2 Å². The number of hydrogen-bond donors (Lipinski definition) is 0. The Morgan fingerprint density at radius 2 is 1.63 bits per heavy atom. The Kier molecular flexibility index (Phi) is 2.98. The molecule has 4 atom stereocenters. The zero-order chi connectivity index (χ0) is 13.9. The summed E-state index contributed by atoms with van der Waals surface area (Å²) in [6, 6.07) is 0. The number of rotatable bonds is 1. The molecular weight excluding hydrogens is 252 g/mol. The zero-order valence-electron chi connectivity index (χ0n) is 12.1. The summed E-state index contributed by atoms with van der Waals surface area (Å²) in [5.41, 5.74) is 0. The number of fused-ring (bicyclic) bond motifs is 3. The van der Waals surface area contributed by atoms with Crippen LogP contribution < -0.4 is 0 Å². The summed E-state index contributed by atoms with van der Waals surface area (Å²) < 4.78 is 34.8. The lowest BCUT2D eigenvalue weighted by Crippen LogP contribution is -2.60. The largest absolute Gasteiger partial charge is 0.349 e. The first-order valence-corrected chi connectivity index (χ1v) is 6.63. The summed E-state index contributed by atoms with van der Waals surface area (Å²) in [5.74, 6) is -2.22. The van der Waals surface area contributed by atoms with Crippen LogP contribution in [-0.4, -0.2) is 56.0 Å². The van der Waals surface area contributed by atoms with Crippen molar-refractivity contribution in [2.75, 3.05) is 20.3 Å². The van der Waals surface area contributed by atoms with Crippen molar-refractivity contribution in [2.45, 2.75) is 63.4 Å². The smallest absolute Gasteiger partial charge is 0.222 e. The van der Waals surface area contributed by atoms with Gasteiger partial charge in [-0.1, -0.05) is 0 Å². The first kappa shape index (κ1) is 13.7. The maximum Gasteiger partial charge on any atom is 0.222 e. The second kappa shape index (κ2) is 4.13. The highest BCUT2D eigenvalue weighted by Gasteiger charge is 2.64. The van der Waals surface area contributed by atoms with E-state index in [1.807, 2.05) is 27.7 Å². The van der Waals surface area contributed by atoms with Crippen molar-refractivity contribution in [1.82, 2.24) is 0 Å². The SMILES string of the molecule is COC12COC(C)(C)O[C@H]1[C@@H]1OC(C)(C)OC[C@@H]1O2. The molecule has 0 radical (unpaired) electrons. The lowest BCUT2D eigenvalue weighted by Gasteiger charge is -2.45. The molecule has 0 aliphatic carbocycles. The number of hydrogen-bond acceptors (Lipinski definition) is 6. The molecule has 3 saturated heterocycles. The van der Waals surface area contributed by atoms with Crippen molar-refractivity contribution in [3.05, 3.63) is 0 Å². The standard InChI is InChI=1S/C13H22O6/c1-11(2)15-6-8-9(18-11)10-13(14-5,17-8)7-16-12(3,4)19-10/h8-10H,6-7H2,1-5H3/t8-,9+,10-,13?/m0/s1. The molecule has 0 aromatic carbocycles. The molecule has 19 heavy (non-hydrogen) atoms. The van der Waals surface area contributed by atoms with Gasteiger partial charge in [-0.3, -0.25) is 0 Å². The first-order chi connectivity index (χ1) is 8.77. The molecule has 3 aliphatic heterocycles. The topological polar surface area (TPSA) is 55.4 Å². The Morgan fingerprint density at radius 3 is 2.32 bits per heavy atom. The van der Waals surface area contributed by atoms with Crippen molar-refractivity contribution >= 4 is 0 Å². The van der Waals surface area contributed by atoms with E-state index >= 15 is 0 Å². The molecule has 0 bridgehead atoms. The van der Waals surface area contributed by atoms with E-state index in [4.69, 9.17) is 28.4 Å². The van der Waals surface area contributed by atoms with Crippen molar-refractivity contribution in [3.63, 3.8) is 0 Å². The van der Waals surface area contributed by atoms with Crippen molar-refractivity contribution in [3.8, 4) is 0 Å². The van der Waals surface area contributed by atoms with Crippen LogP contribution in [0.3, 0.4) is 0 Å². The lowest BCUT2D eigenvalue weighted by atomic mass is 10.0. The van der Waals surface area contributed by atoms with Crippen LogP contribution in [0.15, 0.2) is 0 Å². The molecular formula is C13H22O6. The van der Waals surface area contributed by atoms with Crippen LogP contribution in [0.2, 0.25) is 0 Å². The highest BCUT2D eigenvalue weighted by Crippen LogP contribution is 2.45. The number of ether oxygens (including phenoxy) is 6. The van der Waals surface area contributed by atoms with Gasteiger partial charge >= 0.3 is 0 Å². The molecule has 0 aromatic rings. The van der Waals surface area contributed by atoms with Crippen LogP contribution in [0, 0.1) is 0 Å². The highest BCUT2D eigenvalue weighted by molar-refractivity contribution is 5.03. The minimum Gasteiger partial charge on any atom is -0.349 e. The van der Waals surface area contributed by atoms with Crippen LogP contribution >= 0.6 is 0 Å². The Hall–Kier alpha value is -0.240. The third-order valence-corrected chi connectivity index (χ3v) is 3.84. The van der Waals surface area contributed by atoms with Gasteiger partial charge in [0.2, 0.25) is 5.79 Å². The van der Waals surface area contributed by atoms with Gasteiger partial charge in [-0.05, 0) is 27.7 Å². The van der Waals surface area contributed by atoms with E-state index in [1.54, 1.807) is 7.11 Å². The molecule has 0 N–H and O–H groups in total. The first-order valence-electron chi connectivity index (χ1n) is 6.63. The van der Waals surface area contributed by atoms with Crippen LogP contribution in [0.5, 0.6) is 0 Å². The molecule has 3 aliphatic rings. The summed E-state index contributed by atoms with van der Waals surface area (Å²) in [7, 11) is 1.60. The predicted molar refractivity (Wildman–Crippen MR) is 64.4 cm³/mol. The second-order valence-corrected chi connectivity index (χ2v) is 6.19. The van der Waals surface area contributed by atoms with Crippen molar-refractivity contribution in [2.24, 2.45) is 0 Å². The molecule has 3 rings (SSSR count). The van der Waals surface area contributed by atoms with Crippen LogP contribution in [0.4, 0.5) is 0 Å². The van der Waals surface area contributed by atoms with Gasteiger partial charge in [0.25, 0.3) is 0 Å². The van der Waals surface area contributed by atoms with Gasteiger partial charge in [0.05, 0.1) is 6.61 Å². The minimum atomic E-state index is -0.908. The molecule has 110 valence electrons. The van der Waals surface area contributed by atoms with E-state index < -0.39 is 17.4 Å². The van der Waals surface area contributed by atoms with Crippen LogP contribution in [0.1, 0.15) is 27.7 Å². The van der Waals surface area contributed by atoms with Gasteiger partial charge < -0.3 is 28.4 Å². The van der Waals surface area contributed by atoms with Crippen molar-refractivity contribution in [1.29, 1.82) is 0 Å². The van der Waals surface area contributed by atoms with Crippen molar-refractivity contribution < 1.29 is 28.4 Å². The molecule has 6 nitrogen and oxygen atoms in total. The van der Waals surface area contributed by atoms with Gasteiger partial charge in [-0.25, -0.2) is 0 Å². The third-order valence-electron chi connectivity index (χ3n) is 3.84. The van der Waals surface area contributed by atoms with Gasteiger partial charge in [-0.15, -0.1) is 0 Å². The normalized spacial score (nSPS) is 47.5. The second-order valence-electron chi connectivity index (χ2n) is 6.19. The Labute approximate surface area is 113 Å². The molecule has 0 spiro atoms. The Balaban J connectivity index is 1.89. The monoisotopic (exact) mass is 274 g/mol. The summed E-state index contributed by atoms with van der Waals surface area (Å²) in [6.07, 6.45) is -0.739. The summed E-state index contributed by atoms with van der Waals surface area (Å²) in [5, 5.41) is 0. The molecule has 3 heterocycles. The van der Waals surface area contributed by atoms with E-state index in [9.17, 15) is 0 Å². The molecule has 3 fully saturated rings. The fraction of sp³-hybridized carbons (Fsp3) is 1.00. The average Bonchev–Trinajstić information content (AvgIpc) is 2.62. The fourth-order valence-electron chi connectivity index (χ4n) is 2.86. The average molecular weight is 274 g/mol. The van der Waals surface area contributed by atoms with Crippen LogP contribution in [-0.2, 0) is 28.4 Å². The van der Waals surface area contributed by atoms with Gasteiger partial charge in [0.1, 0.15) is 24.9 Å². The van der Waals surface area contributed by atoms with E-state index in [2.05, 4.69) is 0 Å². The molecule has 0 amide bonds. The predicted octanol–water partition coefficient (Wildman–Crippen LogP) is 1.03. The Morgan fingerprint density at radius 1 is 0.947 bits per heavy atom. The molecule has 6 heteroatoms. The number of methoxy groups -OCH3 is 1. The molecule has 0 saturated carbocycles. The summed E-state index contributed by atoms with van der Waals surface area (Å²) >= 11 is 0. The minimum absolute atomic E-state index is 0.199. The van der Waals surface area contributed by atoms with Gasteiger partial charge in [-0.2, -0.15) is 0 Å². The van der Waals surface area contributed by atoms with Gasteiger partial charge in [0, 0.05) is 7.11 Å². The Bertz CT molecular complexity index is 368. The van der Waals surface area contributed by atoms with Crippen LogP contribution in [0.25, 0.3) is 0 Å². The van der Waals surface area contributed by atoms with E-state index in [1.165, 1.54) is 0 Å². The summed E-state index contributed by atoms with van der Waals surface area (Å²) in [6.45, 7) is 8.32. The quantitative estimate of drug-likeness (QED) is 0.712. The molecule has 0 aromatic heterocycles.